The molecule has 9 amide bonds. The second-order valence-corrected chi connectivity index (χ2v) is 38.6. The first-order valence-electron chi connectivity index (χ1n) is 48.0. The molecule has 0 bridgehead atoms. The molecule has 4 fully saturated rings. The van der Waals surface area contributed by atoms with E-state index in [0.717, 1.165) is 71.9 Å². The highest BCUT2D eigenvalue weighted by Gasteiger charge is 2.60. The van der Waals surface area contributed by atoms with Gasteiger partial charge in [0, 0.05) is 60.8 Å². The maximum atomic E-state index is 15.0. The zero-order valence-electron chi connectivity index (χ0n) is 78.7. The molecule has 738 valence electrons. The Labute approximate surface area is 789 Å². The largest absolute Gasteiger partial charge is 0.508 e. The highest BCUT2D eigenvalue weighted by molar-refractivity contribution is 6.02. The van der Waals surface area contributed by atoms with Crippen molar-refractivity contribution in [2.45, 2.75) is 280 Å². The summed E-state index contributed by atoms with van der Waals surface area (Å²) < 4.78 is 40.5. The maximum Gasteiger partial charge on any atom is 0.246 e. The third-order valence-electron chi connectivity index (χ3n) is 29.2. The monoisotopic (exact) mass is 1880 g/mol. The number of allylic oxidation sites excluding steroid dienone is 1. The average molecular weight is 1880 g/mol. The van der Waals surface area contributed by atoms with E-state index >= 15 is 0 Å². The predicted molar refractivity (Wildman–Crippen MR) is 495 cm³/mol. The maximum absolute atomic E-state index is 15.0. The van der Waals surface area contributed by atoms with Gasteiger partial charge in [-0.05, 0) is 196 Å². The number of imide groups is 1. The standard InChI is InChI=1S/C100H139N11O24/c1-59(2)83(93(126)104-60(3)91(124)105-66-32-28-62-30-34-76-97(4,68(62)53-66)39-17-41-99(76,6)95(127)109-96(128)100(7)42-18-40-98(5)69-54-67(114)33-29-63(69)31-35-77(98)100)108-92(125)71(106-79(116)38-45-129-47-49-131-51-52-132-50-48-130-46-44-103-78(115)36-37-81(118)111-55-65-21-12-11-19-61(65)26-27-64-20-13-14-24-72(64)111)23-15-16-43-102-80(117)58-133-73-25-10-8-9-22-70(84(73)110-101)107-94-89(123)86(120)82(74(56-112)135-94)90-88(122)87(121)85(119)75(57-113)134-90/h11-14,19-21,24,28-29,32-33,53-54,59-60,71,73-77,82-83,85-90,94,101,107,112-114,119-123H,8-10,15-18,22-23,25,30-31,34-52,55-58H2,1-7H3,(H,102,117)(H,103,115)(H,104,126)(H,105,124)(H,106,116)(H,108,125)(H,109,127,128)/b84-70-,110-101?/t60-,71+,73?,74+,75+,76?,77+,82?,83-,85+,86-,87-,88+,89+,90+,94-,97+,98+,99-,100-/m0/s1. The Kier molecular flexibility index (Phi) is 37.1. The van der Waals surface area contributed by atoms with Crippen molar-refractivity contribution in [3.05, 3.63) is 135 Å². The number of aliphatic hydroxyl groups excluding tert-OH is 7. The van der Waals surface area contributed by atoms with Crippen LogP contribution in [0.2, 0.25) is 0 Å². The van der Waals surface area contributed by atoms with Crippen molar-refractivity contribution in [2.75, 3.05) is 96.0 Å². The summed E-state index contributed by atoms with van der Waals surface area (Å²) in [6.07, 6.45) is -5.03. The number of ether oxygens (including phenoxy) is 7. The molecule has 5 aliphatic carbocycles. The molecule has 2 saturated heterocycles. The first kappa shape index (κ1) is 104. The van der Waals surface area contributed by atoms with Crippen molar-refractivity contribution < 1.29 is 117 Å². The van der Waals surface area contributed by atoms with Crippen LogP contribution >= 0.6 is 0 Å². The van der Waals surface area contributed by atoms with Crippen LogP contribution in [0.4, 0.5) is 11.4 Å². The van der Waals surface area contributed by atoms with Gasteiger partial charge in [0.1, 0.15) is 72.8 Å². The van der Waals surface area contributed by atoms with E-state index in [-0.39, 0.29) is 157 Å². The van der Waals surface area contributed by atoms with Crippen molar-refractivity contribution in [1.29, 1.82) is 5.53 Å². The highest BCUT2D eigenvalue weighted by Crippen LogP contribution is 2.60. The van der Waals surface area contributed by atoms with Gasteiger partial charge in [0.25, 0.3) is 0 Å². The summed E-state index contributed by atoms with van der Waals surface area (Å²) in [5, 5.41) is 113. The van der Waals surface area contributed by atoms with Crippen molar-refractivity contribution in [3.8, 4) is 17.6 Å². The van der Waals surface area contributed by atoms with Gasteiger partial charge in [-0.2, -0.15) is 5.11 Å². The molecule has 8 aliphatic rings. The number of carbonyl (C=O) groups is 9. The van der Waals surface area contributed by atoms with Gasteiger partial charge in [0.2, 0.25) is 53.2 Å². The number of aryl methyl sites for hydroxylation is 2. The molecule has 35 heteroatoms. The first-order chi connectivity index (χ1) is 64.7. The number of aromatic hydroxyl groups is 1. The third kappa shape index (κ3) is 25.2. The fourth-order valence-electron chi connectivity index (χ4n) is 21.6. The summed E-state index contributed by atoms with van der Waals surface area (Å²) in [5.74, 6) is 0.537. The normalized spacial score (nSPS) is 28.6. The van der Waals surface area contributed by atoms with Gasteiger partial charge in [-0.25, -0.2) is 5.53 Å². The summed E-state index contributed by atoms with van der Waals surface area (Å²) in [6.45, 7) is 13.5. The lowest BCUT2D eigenvalue weighted by atomic mass is 9.49. The molecular formula is C100H139N11O24. The molecule has 3 aliphatic heterocycles. The van der Waals surface area contributed by atoms with Crippen molar-refractivity contribution in [3.63, 3.8) is 0 Å². The van der Waals surface area contributed by atoms with Crippen LogP contribution in [0.3, 0.4) is 0 Å². The number of fused-ring (bicyclic) bond motifs is 8. The van der Waals surface area contributed by atoms with Gasteiger partial charge < -0.3 is 116 Å². The van der Waals surface area contributed by atoms with Gasteiger partial charge in [0.05, 0.1) is 107 Å². The minimum absolute atomic E-state index is 0.000960. The molecule has 4 aromatic carbocycles. The molecule has 0 aromatic heterocycles. The molecular weight excluding hydrogens is 1740 g/mol. The first-order valence-corrected chi connectivity index (χ1v) is 48.0. The minimum Gasteiger partial charge on any atom is -0.508 e. The molecule has 135 heavy (non-hydrogen) atoms. The number of para-hydroxylation sites is 1. The molecule has 12 rings (SSSR count). The Hall–Kier alpha value is -9.75. The molecule has 20 atom stereocenters. The average Bonchev–Trinajstić information content (AvgIpc) is 0.718. The SMILES string of the molecule is CC(C)[C@H](NC(=O)[C@@H](CCCCNC(=O)COC1CCCCC/C(N[C@H]2O[C@H](CO)C([C@H]3O[C@H](CO)[C@@H](O)[C@H](O)[C@H]3O)[C@H](O)[C@H]2O)=C\1N=N)NC(=O)CCOCCOCCOCCOCCNC(=O)CCC(=O)N1Cc2ccccc2C#Cc2ccccc21)C(=O)N[C@@H](C)C(=O)Nc1ccc2c(c1)[C@@]1(C)CCC[C@](C)(C(=O)NC(=O)[C@@]3(C)CCC[C@]4(C)c5cc(O)ccc5CC[C@@H]34)C1CC2. The lowest BCUT2D eigenvalue weighted by Gasteiger charge is -2.56. The van der Waals surface area contributed by atoms with Crippen molar-refractivity contribution >= 4 is 64.5 Å². The second kappa shape index (κ2) is 48.0. The molecule has 4 aromatic rings. The summed E-state index contributed by atoms with van der Waals surface area (Å²) in [6, 6.07) is 23.0. The number of unbranched alkanes of at least 4 members (excludes halogenated alkanes) is 1. The zero-order chi connectivity index (χ0) is 96.9. The van der Waals surface area contributed by atoms with Crippen LogP contribution in [0.5, 0.6) is 5.75 Å². The number of amides is 9. The van der Waals surface area contributed by atoms with E-state index in [2.05, 4.69) is 73.3 Å². The lowest BCUT2D eigenvalue weighted by Crippen LogP contribution is -2.68. The Bertz CT molecular complexity index is 4910. The fourth-order valence-corrected chi connectivity index (χ4v) is 21.6. The number of hydrogen-bond acceptors (Lipinski definition) is 27. The van der Waals surface area contributed by atoms with Crippen LogP contribution in [0.15, 0.2) is 101 Å². The number of carbonyl (C=O) groups excluding carboxylic acids is 9. The number of nitrogens with zero attached hydrogens (tertiary/aromatic N) is 2. The number of hydrogen-bond donors (Lipinski definition) is 17. The summed E-state index contributed by atoms with van der Waals surface area (Å²) >= 11 is 0. The molecule has 3 heterocycles. The van der Waals surface area contributed by atoms with Crippen LogP contribution in [0.1, 0.15) is 209 Å². The molecule has 2 saturated carbocycles. The Morgan fingerprint density at radius 3 is 1.84 bits per heavy atom. The zero-order valence-corrected chi connectivity index (χ0v) is 78.7. The summed E-state index contributed by atoms with van der Waals surface area (Å²) in [5.41, 5.74) is 14.1. The molecule has 0 spiro atoms. The van der Waals surface area contributed by atoms with E-state index in [4.69, 9.17) is 38.7 Å². The molecule has 3 unspecified atom stereocenters. The van der Waals surface area contributed by atoms with Crippen LogP contribution in [0, 0.1) is 51.9 Å². The van der Waals surface area contributed by atoms with Gasteiger partial charge >= 0.3 is 0 Å². The predicted octanol–water partition coefficient (Wildman–Crippen LogP) is 5.49. The Morgan fingerprint density at radius 1 is 0.563 bits per heavy atom. The van der Waals surface area contributed by atoms with Crippen LogP contribution in [-0.4, -0.2) is 259 Å². The Balaban J connectivity index is 0.605. The minimum atomic E-state index is -1.81. The summed E-state index contributed by atoms with van der Waals surface area (Å²) in [7, 11) is 0. The summed E-state index contributed by atoms with van der Waals surface area (Å²) in [4.78, 5) is 128. The van der Waals surface area contributed by atoms with Crippen molar-refractivity contribution in [1.82, 2.24) is 37.2 Å². The van der Waals surface area contributed by atoms with E-state index in [0.29, 0.717) is 81.4 Å². The number of anilines is 2. The molecule has 17 N–H and O–H groups in total. The van der Waals surface area contributed by atoms with Crippen LogP contribution in [0.25, 0.3) is 0 Å². The number of phenols is 1. The Morgan fingerprint density at radius 2 is 1.18 bits per heavy atom. The third-order valence-corrected chi connectivity index (χ3v) is 29.2. The van der Waals surface area contributed by atoms with Gasteiger partial charge in [-0.3, -0.25) is 48.5 Å². The van der Waals surface area contributed by atoms with Crippen molar-refractivity contribution in [2.24, 2.45) is 39.6 Å². The fraction of sp³-hybridized carbons (Fsp3) is 0.630. The van der Waals surface area contributed by atoms with Crippen LogP contribution in [-0.2, 0) is 107 Å². The second-order valence-electron chi connectivity index (χ2n) is 38.6. The lowest BCUT2D eigenvalue weighted by molar-refractivity contribution is -0.290. The molecule has 35 nitrogen and oxygen atoms in total. The number of rotatable bonds is 42. The molecule has 0 radical (unpaired) electrons. The number of benzene rings is 4. The quantitative estimate of drug-likeness (QED) is 0.0113. The number of phenolic OH excluding ortho intramolecular Hbond substituents is 1. The van der Waals surface area contributed by atoms with E-state index in [1.807, 2.05) is 92.7 Å². The smallest absolute Gasteiger partial charge is 0.246 e. The number of aliphatic hydroxyl groups is 7. The van der Waals surface area contributed by atoms with E-state index in [9.17, 15) is 84.0 Å². The van der Waals surface area contributed by atoms with Gasteiger partial charge in [-0.15, -0.1) is 0 Å². The topological polar surface area (TPSA) is 516 Å². The van der Waals surface area contributed by atoms with E-state index in [1.165, 1.54) is 12.5 Å². The van der Waals surface area contributed by atoms with Gasteiger partial charge in [0.15, 0.2) is 6.23 Å². The van der Waals surface area contributed by atoms with Gasteiger partial charge in [-0.1, -0.05) is 122 Å². The number of nitrogens with one attached hydrogen (secondary N) is 9. The highest BCUT2D eigenvalue weighted by atomic mass is 16.6. The van der Waals surface area contributed by atoms with E-state index in [1.54, 1.807) is 24.8 Å². The van der Waals surface area contributed by atoms with Crippen LogP contribution < -0.4 is 47.4 Å². The van der Waals surface area contributed by atoms with E-state index < -0.39 is 157 Å².